The highest BCUT2D eigenvalue weighted by Crippen LogP contribution is 2.33. The number of rotatable bonds is 1. The Morgan fingerprint density at radius 2 is 2.35 bits per heavy atom. The van der Waals surface area contributed by atoms with Gasteiger partial charge < -0.3 is 14.6 Å². The van der Waals surface area contributed by atoms with E-state index >= 15 is 0 Å². The van der Waals surface area contributed by atoms with Crippen molar-refractivity contribution in [3.8, 4) is 0 Å². The maximum Gasteiger partial charge on any atom is 0.290 e. The van der Waals surface area contributed by atoms with Crippen molar-refractivity contribution in [2.24, 2.45) is 5.92 Å². The van der Waals surface area contributed by atoms with E-state index in [0.717, 1.165) is 19.5 Å². The Morgan fingerprint density at radius 3 is 3.06 bits per heavy atom. The minimum Gasteiger partial charge on any atom is -0.444 e. The molecule has 1 N–H and O–H groups in total. The quantitative estimate of drug-likeness (QED) is 0.861. The number of likely N-dealkylation sites (tertiary alicyclic amines) is 1. The Bertz CT molecular complexity index is 445. The first kappa shape index (κ1) is 11.3. The molecular weight excluding hydrogens is 284 g/mol. The molecule has 2 saturated heterocycles. The summed E-state index contributed by atoms with van der Waals surface area (Å²) in [5.41, 5.74) is 0. The van der Waals surface area contributed by atoms with Gasteiger partial charge in [-0.1, -0.05) is 0 Å². The van der Waals surface area contributed by atoms with Gasteiger partial charge in [0, 0.05) is 25.2 Å². The molecule has 3 rings (SSSR count). The van der Waals surface area contributed by atoms with Gasteiger partial charge in [-0.25, -0.2) is 0 Å². The normalized spacial score (nSPS) is 31.9. The fraction of sp³-hybridized carbons (Fsp3) is 0.583. The van der Waals surface area contributed by atoms with Crippen LogP contribution in [0.1, 0.15) is 23.9 Å². The maximum absolute atomic E-state index is 12.4. The Hall–Kier alpha value is -0.810. The van der Waals surface area contributed by atoms with Crippen LogP contribution >= 0.6 is 15.9 Å². The summed E-state index contributed by atoms with van der Waals surface area (Å²) < 4.78 is 5.96. The number of carbonyl (C=O) groups is 1. The Balaban J connectivity index is 1.85. The van der Waals surface area contributed by atoms with Crippen molar-refractivity contribution < 1.29 is 9.21 Å². The number of nitrogens with zero attached hydrogens (tertiary/aromatic N) is 1. The molecule has 0 aromatic carbocycles. The second-order valence-corrected chi connectivity index (χ2v) is 5.67. The van der Waals surface area contributed by atoms with Crippen LogP contribution < -0.4 is 5.32 Å². The summed E-state index contributed by atoms with van der Waals surface area (Å²) in [6.07, 6.45) is 1.09. The average Bonchev–Trinajstić information content (AvgIpc) is 2.92. The van der Waals surface area contributed by atoms with E-state index in [1.165, 1.54) is 0 Å². The molecule has 0 aliphatic carbocycles. The lowest BCUT2D eigenvalue weighted by atomic mass is 10.0. The fourth-order valence-electron chi connectivity index (χ4n) is 3.07. The van der Waals surface area contributed by atoms with Gasteiger partial charge in [-0.3, -0.25) is 4.79 Å². The van der Waals surface area contributed by atoms with Crippen molar-refractivity contribution in [3.05, 3.63) is 22.6 Å². The second kappa shape index (κ2) is 4.14. The molecule has 3 heterocycles. The first-order chi connectivity index (χ1) is 8.16. The van der Waals surface area contributed by atoms with E-state index in [4.69, 9.17) is 4.42 Å². The van der Waals surface area contributed by atoms with Crippen LogP contribution in [-0.4, -0.2) is 36.0 Å². The van der Waals surface area contributed by atoms with Crippen LogP contribution in [0.2, 0.25) is 0 Å². The Morgan fingerprint density at radius 1 is 1.53 bits per heavy atom. The summed E-state index contributed by atoms with van der Waals surface area (Å²) in [6, 6.07) is 4.14. The second-order valence-electron chi connectivity index (χ2n) is 4.89. The lowest BCUT2D eigenvalue weighted by molar-refractivity contribution is 0.0648. The minimum atomic E-state index is 0.0133. The fourth-order valence-corrected chi connectivity index (χ4v) is 3.38. The van der Waals surface area contributed by atoms with Crippen LogP contribution in [0.5, 0.6) is 0 Å². The molecule has 5 heteroatoms. The van der Waals surface area contributed by atoms with Crippen LogP contribution in [0.15, 0.2) is 21.2 Å². The van der Waals surface area contributed by atoms with E-state index in [2.05, 4.69) is 28.2 Å². The number of hydrogen-bond acceptors (Lipinski definition) is 3. The zero-order valence-electron chi connectivity index (χ0n) is 9.65. The Kier molecular flexibility index (Phi) is 2.75. The number of carbonyl (C=O) groups excluding carboxylic acids is 1. The molecule has 2 fully saturated rings. The Labute approximate surface area is 108 Å². The van der Waals surface area contributed by atoms with Gasteiger partial charge in [0.25, 0.3) is 5.91 Å². The predicted octanol–water partition coefficient (Wildman–Crippen LogP) is 1.86. The van der Waals surface area contributed by atoms with E-state index in [9.17, 15) is 4.79 Å². The van der Waals surface area contributed by atoms with E-state index in [-0.39, 0.29) is 5.91 Å². The minimum absolute atomic E-state index is 0.0133. The average molecular weight is 299 g/mol. The van der Waals surface area contributed by atoms with Crippen molar-refractivity contribution in [2.45, 2.75) is 25.4 Å². The molecule has 1 amide bonds. The molecule has 17 heavy (non-hydrogen) atoms. The standard InChI is InChI=1S/C12H15BrN2O2/c1-7-4-8-5-14-6-9(8)15(7)12(16)10-2-3-11(13)17-10/h2-3,7-9,14H,4-6H2,1H3. The molecule has 2 aliphatic heterocycles. The van der Waals surface area contributed by atoms with Crippen LogP contribution in [0, 0.1) is 5.92 Å². The van der Waals surface area contributed by atoms with E-state index < -0.39 is 0 Å². The molecule has 0 radical (unpaired) electrons. The number of amides is 1. The van der Waals surface area contributed by atoms with Crippen LogP contribution in [-0.2, 0) is 0 Å². The van der Waals surface area contributed by atoms with E-state index in [1.54, 1.807) is 12.1 Å². The zero-order chi connectivity index (χ0) is 12.0. The summed E-state index contributed by atoms with van der Waals surface area (Å²) in [6.45, 7) is 4.05. The molecule has 1 aromatic heterocycles. The molecular formula is C12H15BrN2O2. The van der Waals surface area contributed by atoms with Gasteiger partial charge >= 0.3 is 0 Å². The van der Waals surface area contributed by atoms with Crippen molar-refractivity contribution in [1.82, 2.24) is 10.2 Å². The topological polar surface area (TPSA) is 45.5 Å². The van der Waals surface area contributed by atoms with Crippen LogP contribution in [0.25, 0.3) is 0 Å². The van der Waals surface area contributed by atoms with Crippen LogP contribution in [0.4, 0.5) is 0 Å². The lowest BCUT2D eigenvalue weighted by Gasteiger charge is -2.26. The first-order valence-electron chi connectivity index (χ1n) is 5.95. The van der Waals surface area contributed by atoms with Gasteiger partial charge in [0.1, 0.15) is 0 Å². The molecule has 0 bridgehead atoms. The van der Waals surface area contributed by atoms with E-state index in [1.807, 2.05) is 4.90 Å². The van der Waals surface area contributed by atoms with Gasteiger partial charge in [0.15, 0.2) is 10.4 Å². The first-order valence-corrected chi connectivity index (χ1v) is 6.75. The maximum atomic E-state index is 12.4. The summed E-state index contributed by atoms with van der Waals surface area (Å²) in [5.74, 6) is 1.04. The SMILES string of the molecule is CC1CC2CNCC2N1C(=O)c1ccc(Br)o1. The predicted molar refractivity (Wildman–Crippen MR) is 66.8 cm³/mol. The zero-order valence-corrected chi connectivity index (χ0v) is 11.2. The van der Waals surface area contributed by atoms with Crippen molar-refractivity contribution in [3.63, 3.8) is 0 Å². The monoisotopic (exact) mass is 298 g/mol. The molecule has 4 nitrogen and oxygen atoms in total. The number of fused-ring (bicyclic) bond motifs is 1. The molecule has 92 valence electrons. The smallest absolute Gasteiger partial charge is 0.290 e. The molecule has 0 spiro atoms. The van der Waals surface area contributed by atoms with E-state index in [0.29, 0.717) is 28.4 Å². The molecule has 0 saturated carbocycles. The number of furan rings is 1. The summed E-state index contributed by atoms with van der Waals surface area (Å²) >= 11 is 3.23. The highest BCUT2D eigenvalue weighted by atomic mass is 79.9. The lowest BCUT2D eigenvalue weighted by Crippen LogP contribution is -2.42. The number of halogens is 1. The number of hydrogen-bond donors (Lipinski definition) is 1. The summed E-state index contributed by atoms with van der Waals surface area (Å²) in [7, 11) is 0. The third-order valence-electron chi connectivity index (χ3n) is 3.80. The van der Waals surface area contributed by atoms with Crippen molar-refractivity contribution >= 4 is 21.8 Å². The summed E-state index contributed by atoms with van der Waals surface area (Å²) in [4.78, 5) is 14.4. The van der Waals surface area contributed by atoms with Gasteiger partial charge in [-0.05, 0) is 47.3 Å². The summed E-state index contributed by atoms with van der Waals surface area (Å²) in [5, 5.41) is 3.35. The molecule has 3 unspecified atom stereocenters. The molecule has 3 atom stereocenters. The molecule has 2 aliphatic rings. The largest absolute Gasteiger partial charge is 0.444 e. The third kappa shape index (κ3) is 1.81. The van der Waals surface area contributed by atoms with Gasteiger partial charge in [-0.15, -0.1) is 0 Å². The highest BCUT2D eigenvalue weighted by Gasteiger charge is 2.44. The third-order valence-corrected chi connectivity index (χ3v) is 4.22. The van der Waals surface area contributed by atoms with Crippen LogP contribution in [0.3, 0.4) is 0 Å². The van der Waals surface area contributed by atoms with Gasteiger partial charge in [0.2, 0.25) is 0 Å². The van der Waals surface area contributed by atoms with Gasteiger partial charge in [0.05, 0.1) is 0 Å². The number of nitrogens with one attached hydrogen (secondary N) is 1. The highest BCUT2D eigenvalue weighted by molar-refractivity contribution is 9.10. The molecule has 1 aromatic rings. The van der Waals surface area contributed by atoms with Crippen molar-refractivity contribution in [1.29, 1.82) is 0 Å². The van der Waals surface area contributed by atoms with Crippen molar-refractivity contribution in [2.75, 3.05) is 13.1 Å². The van der Waals surface area contributed by atoms with Gasteiger partial charge in [-0.2, -0.15) is 0 Å².